The standard InChI is InChI=1S/C14H29N3O3S/c1-2-16-8-5-13(6-9-16)10-15-21(19,20)17-7-3-4-14(11-17)12-18/h13-15,18H,2-12H2,1H3. The van der Waals surface area contributed by atoms with E-state index in [0.717, 1.165) is 45.3 Å². The number of nitrogens with zero attached hydrogens (tertiary/aromatic N) is 2. The summed E-state index contributed by atoms with van der Waals surface area (Å²) < 4.78 is 28.9. The van der Waals surface area contributed by atoms with Crippen molar-refractivity contribution >= 4 is 10.2 Å². The van der Waals surface area contributed by atoms with Gasteiger partial charge >= 0.3 is 0 Å². The molecule has 2 heterocycles. The second-order valence-electron chi connectivity index (χ2n) is 6.28. The van der Waals surface area contributed by atoms with Crippen molar-refractivity contribution in [3.8, 4) is 0 Å². The molecule has 2 N–H and O–H groups in total. The van der Waals surface area contributed by atoms with E-state index in [1.54, 1.807) is 0 Å². The average molecular weight is 319 g/mol. The summed E-state index contributed by atoms with van der Waals surface area (Å²) in [5.41, 5.74) is 0. The number of hydrogen-bond donors (Lipinski definition) is 2. The Morgan fingerprint density at radius 1 is 1.14 bits per heavy atom. The molecule has 21 heavy (non-hydrogen) atoms. The van der Waals surface area contributed by atoms with Crippen LogP contribution in [0.4, 0.5) is 0 Å². The minimum Gasteiger partial charge on any atom is -0.396 e. The maximum Gasteiger partial charge on any atom is 0.279 e. The van der Waals surface area contributed by atoms with Crippen molar-refractivity contribution in [1.29, 1.82) is 0 Å². The Labute approximate surface area is 128 Å². The molecule has 7 heteroatoms. The topological polar surface area (TPSA) is 72.9 Å². The Balaban J connectivity index is 1.79. The quantitative estimate of drug-likeness (QED) is 0.736. The highest BCUT2D eigenvalue weighted by molar-refractivity contribution is 7.87. The first-order valence-electron chi connectivity index (χ1n) is 8.13. The van der Waals surface area contributed by atoms with Gasteiger partial charge in [-0.1, -0.05) is 6.92 Å². The molecule has 124 valence electrons. The summed E-state index contributed by atoms with van der Waals surface area (Å²) >= 11 is 0. The lowest BCUT2D eigenvalue weighted by Gasteiger charge is -2.33. The molecule has 6 nitrogen and oxygen atoms in total. The number of rotatable bonds is 6. The van der Waals surface area contributed by atoms with Crippen molar-refractivity contribution in [2.24, 2.45) is 11.8 Å². The second kappa shape index (κ2) is 7.87. The number of likely N-dealkylation sites (tertiary alicyclic amines) is 1. The van der Waals surface area contributed by atoms with Gasteiger partial charge < -0.3 is 10.0 Å². The first-order chi connectivity index (χ1) is 10.0. The van der Waals surface area contributed by atoms with Gasteiger partial charge in [0.25, 0.3) is 10.2 Å². The molecule has 0 radical (unpaired) electrons. The lowest BCUT2D eigenvalue weighted by Crippen LogP contribution is -2.48. The second-order valence-corrected chi connectivity index (χ2v) is 8.04. The Morgan fingerprint density at radius 2 is 1.86 bits per heavy atom. The van der Waals surface area contributed by atoms with Gasteiger partial charge in [0.15, 0.2) is 0 Å². The van der Waals surface area contributed by atoms with Gasteiger partial charge in [-0.3, -0.25) is 0 Å². The highest BCUT2D eigenvalue weighted by Crippen LogP contribution is 2.19. The van der Waals surface area contributed by atoms with Gasteiger partial charge in [-0.2, -0.15) is 12.7 Å². The molecule has 0 aliphatic carbocycles. The van der Waals surface area contributed by atoms with Gasteiger partial charge in [-0.05, 0) is 57.2 Å². The van der Waals surface area contributed by atoms with E-state index in [4.69, 9.17) is 0 Å². The molecular weight excluding hydrogens is 290 g/mol. The van der Waals surface area contributed by atoms with Gasteiger partial charge in [0, 0.05) is 26.2 Å². The van der Waals surface area contributed by atoms with Gasteiger partial charge in [0.2, 0.25) is 0 Å². The Bertz CT molecular complexity index is 408. The monoisotopic (exact) mass is 319 g/mol. The van der Waals surface area contributed by atoms with E-state index < -0.39 is 10.2 Å². The van der Waals surface area contributed by atoms with Crippen molar-refractivity contribution in [1.82, 2.24) is 13.9 Å². The molecule has 2 fully saturated rings. The van der Waals surface area contributed by atoms with Crippen LogP contribution in [-0.4, -0.2) is 68.6 Å². The number of aliphatic hydroxyl groups excluding tert-OH is 1. The predicted octanol–water partition coefficient (Wildman–Crippen LogP) is 0.257. The van der Waals surface area contributed by atoms with E-state index in [1.165, 1.54) is 4.31 Å². The lowest BCUT2D eigenvalue weighted by atomic mass is 9.97. The van der Waals surface area contributed by atoms with Crippen LogP contribution in [0.2, 0.25) is 0 Å². The first-order valence-corrected chi connectivity index (χ1v) is 9.57. The van der Waals surface area contributed by atoms with E-state index in [2.05, 4.69) is 16.5 Å². The third-order valence-electron chi connectivity index (χ3n) is 4.79. The molecule has 2 aliphatic heterocycles. The van der Waals surface area contributed by atoms with Crippen LogP contribution in [0.3, 0.4) is 0 Å². The third kappa shape index (κ3) is 4.89. The van der Waals surface area contributed by atoms with Crippen LogP contribution in [0, 0.1) is 11.8 Å². The van der Waals surface area contributed by atoms with Gasteiger partial charge in [0.05, 0.1) is 0 Å². The summed E-state index contributed by atoms with van der Waals surface area (Å²) in [5, 5.41) is 9.21. The predicted molar refractivity (Wildman–Crippen MR) is 83.1 cm³/mol. The van der Waals surface area contributed by atoms with Crippen molar-refractivity contribution in [2.75, 3.05) is 45.9 Å². The van der Waals surface area contributed by atoms with Crippen molar-refractivity contribution in [3.05, 3.63) is 0 Å². The highest BCUT2D eigenvalue weighted by atomic mass is 32.2. The first kappa shape index (κ1) is 17.1. The summed E-state index contributed by atoms with van der Waals surface area (Å²) in [7, 11) is -3.39. The van der Waals surface area contributed by atoms with Crippen LogP contribution in [0.25, 0.3) is 0 Å². The van der Waals surface area contributed by atoms with E-state index >= 15 is 0 Å². The van der Waals surface area contributed by atoms with E-state index in [1.807, 2.05) is 0 Å². The zero-order valence-corrected chi connectivity index (χ0v) is 13.8. The number of piperidine rings is 2. The zero-order valence-electron chi connectivity index (χ0n) is 13.0. The van der Waals surface area contributed by atoms with E-state index in [9.17, 15) is 13.5 Å². The van der Waals surface area contributed by atoms with E-state index in [-0.39, 0.29) is 12.5 Å². The molecule has 0 saturated carbocycles. The van der Waals surface area contributed by atoms with Crippen LogP contribution in [-0.2, 0) is 10.2 Å². The lowest BCUT2D eigenvalue weighted by molar-refractivity contribution is 0.164. The summed E-state index contributed by atoms with van der Waals surface area (Å²) in [5.74, 6) is 0.532. The largest absolute Gasteiger partial charge is 0.396 e. The number of hydrogen-bond acceptors (Lipinski definition) is 4. The average Bonchev–Trinajstić information content (AvgIpc) is 2.53. The fraction of sp³-hybridized carbons (Fsp3) is 1.00. The van der Waals surface area contributed by atoms with Gasteiger partial charge in [-0.25, -0.2) is 4.72 Å². The Hall–Kier alpha value is -0.210. The summed E-state index contributed by atoms with van der Waals surface area (Å²) in [4.78, 5) is 2.40. The molecule has 0 aromatic rings. The number of nitrogens with one attached hydrogen (secondary N) is 1. The van der Waals surface area contributed by atoms with Crippen molar-refractivity contribution in [2.45, 2.75) is 32.6 Å². The van der Waals surface area contributed by atoms with Crippen LogP contribution in [0.5, 0.6) is 0 Å². The molecule has 2 rings (SSSR count). The van der Waals surface area contributed by atoms with Crippen LogP contribution < -0.4 is 4.72 Å². The Morgan fingerprint density at radius 3 is 2.48 bits per heavy atom. The smallest absolute Gasteiger partial charge is 0.279 e. The molecular formula is C14H29N3O3S. The normalized spacial score (nSPS) is 27.0. The fourth-order valence-corrected chi connectivity index (χ4v) is 4.62. The molecule has 0 bridgehead atoms. The summed E-state index contributed by atoms with van der Waals surface area (Å²) in [6.07, 6.45) is 3.88. The van der Waals surface area contributed by atoms with Crippen molar-refractivity contribution in [3.63, 3.8) is 0 Å². The summed E-state index contributed by atoms with van der Waals surface area (Å²) in [6, 6.07) is 0. The number of aliphatic hydroxyl groups is 1. The zero-order chi connectivity index (χ0) is 15.3. The minimum atomic E-state index is -3.39. The molecule has 2 aliphatic rings. The minimum absolute atomic E-state index is 0.0709. The molecule has 0 spiro atoms. The van der Waals surface area contributed by atoms with Crippen molar-refractivity contribution < 1.29 is 13.5 Å². The van der Waals surface area contributed by atoms with E-state index in [0.29, 0.717) is 25.6 Å². The molecule has 0 aromatic heterocycles. The summed E-state index contributed by atoms with van der Waals surface area (Å²) in [6.45, 7) is 7.01. The highest BCUT2D eigenvalue weighted by Gasteiger charge is 2.29. The SMILES string of the molecule is CCN1CCC(CNS(=O)(=O)N2CCCC(CO)C2)CC1. The Kier molecular flexibility index (Phi) is 6.43. The van der Waals surface area contributed by atoms with Gasteiger partial charge in [-0.15, -0.1) is 0 Å². The maximum absolute atomic E-state index is 12.3. The molecule has 1 unspecified atom stereocenters. The molecule has 0 amide bonds. The van der Waals surface area contributed by atoms with Gasteiger partial charge in [0.1, 0.15) is 0 Å². The molecule has 2 saturated heterocycles. The third-order valence-corrected chi connectivity index (χ3v) is 6.33. The maximum atomic E-state index is 12.3. The van der Waals surface area contributed by atoms with Crippen LogP contribution in [0.1, 0.15) is 32.6 Å². The van der Waals surface area contributed by atoms with Crippen LogP contribution >= 0.6 is 0 Å². The van der Waals surface area contributed by atoms with Crippen LogP contribution in [0.15, 0.2) is 0 Å². The fourth-order valence-electron chi connectivity index (χ4n) is 3.22. The molecule has 0 aromatic carbocycles. The molecule has 1 atom stereocenters.